The molecular formula is C12H16N2O4. The minimum atomic E-state index is -0.902. The van der Waals surface area contributed by atoms with E-state index in [1.165, 1.54) is 10.8 Å². The molecule has 0 spiro atoms. The maximum absolute atomic E-state index is 12.2. The summed E-state index contributed by atoms with van der Waals surface area (Å²) in [5.74, 6) is -1.58. The van der Waals surface area contributed by atoms with Crippen molar-refractivity contribution in [3.8, 4) is 11.5 Å². The first-order valence-electron chi connectivity index (χ1n) is 5.97. The van der Waals surface area contributed by atoms with E-state index < -0.39 is 16.9 Å². The minimum Gasteiger partial charge on any atom is -0.503 e. The first-order chi connectivity index (χ1) is 8.51. The predicted octanol–water partition coefficient (Wildman–Crippen LogP) is 0.514. The summed E-state index contributed by atoms with van der Waals surface area (Å²) in [5.41, 5.74) is -0.940. The number of pyridine rings is 1. The zero-order valence-electron chi connectivity index (χ0n) is 10.4. The summed E-state index contributed by atoms with van der Waals surface area (Å²) in [6, 6.07) is 0.0105. The van der Waals surface area contributed by atoms with Crippen molar-refractivity contribution in [2.75, 3.05) is 6.54 Å². The number of aromatic nitrogens is 1. The van der Waals surface area contributed by atoms with Crippen LogP contribution < -0.4 is 5.43 Å². The molecule has 1 aliphatic rings. The fourth-order valence-electron chi connectivity index (χ4n) is 2.38. The van der Waals surface area contributed by atoms with Gasteiger partial charge in [-0.1, -0.05) is 6.92 Å². The average Bonchev–Trinajstić information content (AvgIpc) is 2.35. The molecule has 2 heterocycles. The van der Waals surface area contributed by atoms with Gasteiger partial charge in [-0.15, -0.1) is 0 Å². The highest BCUT2D eigenvalue weighted by Crippen LogP contribution is 2.25. The van der Waals surface area contributed by atoms with Gasteiger partial charge in [0.2, 0.25) is 0 Å². The third kappa shape index (κ3) is 1.64. The van der Waals surface area contributed by atoms with Crippen molar-refractivity contribution < 1.29 is 15.0 Å². The molecule has 6 nitrogen and oxygen atoms in total. The SMILES string of the molecule is CC[C@H]1Cn2cc(O)c(=O)c(O)c2C(=O)N1CC. The van der Waals surface area contributed by atoms with Crippen LogP contribution in [-0.4, -0.2) is 38.2 Å². The lowest BCUT2D eigenvalue weighted by Crippen LogP contribution is -2.48. The zero-order chi connectivity index (χ0) is 13.4. The number of amides is 1. The molecule has 6 heteroatoms. The second-order valence-electron chi connectivity index (χ2n) is 4.35. The van der Waals surface area contributed by atoms with Gasteiger partial charge in [0.25, 0.3) is 11.3 Å². The molecule has 1 amide bonds. The first-order valence-corrected chi connectivity index (χ1v) is 5.97. The van der Waals surface area contributed by atoms with Crippen LogP contribution in [0.5, 0.6) is 11.5 Å². The maximum atomic E-state index is 12.2. The number of rotatable bonds is 2. The third-order valence-corrected chi connectivity index (χ3v) is 3.36. The highest BCUT2D eigenvalue weighted by molar-refractivity contribution is 5.96. The number of nitrogens with zero attached hydrogens (tertiary/aromatic N) is 2. The Labute approximate surface area is 104 Å². The van der Waals surface area contributed by atoms with Crippen molar-refractivity contribution in [2.24, 2.45) is 0 Å². The Hall–Kier alpha value is -1.98. The zero-order valence-corrected chi connectivity index (χ0v) is 10.4. The number of carbonyl (C=O) groups excluding carboxylic acids is 1. The van der Waals surface area contributed by atoms with Gasteiger partial charge in [-0.3, -0.25) is 9.59 Å². The molecule has 0 unspecified atom stereocenters. The average molecular weight is 252 g/mol. The fourth-order valence-corrected chi connectivity index (χ4v) is 2.38. The van der Waals surface area contributed by atoms with Gasteiger partial charge in [0.15, 0.2) is 17.2 Å². The van der Waals surface area contributed by atoms with Gasteiger partial charge in [0.05, 0.1) is 6.20 Å². The highest BCUT2D eigenvalue weighted by Gasteiger charge is 2.33. The normalized spacial score (nSPS) is 18.9. The minimum absolute atomic E-state index is 0.0105. The molecule has 0 fully saturated rings. The second kappa shape index (κ2) is 4.36. The van der Waals surface area contributed by atoms with E-state index in [1.807, 2.05) is 13.8 Å². The van der Waals surface area contributed by atoms with Crippen LogP contribution in [0.2, 0.25) is 0 Å². The third-order valence-electron chi connectivity index (χ3n) is 3.36. The summed E-state index contributed by atoms with van der Waals surface area (Å²) in [5, 5.41) is 19.1. The smallest absolute Gasteiger partial charge is 0.274 e. The summed E-state index contributed by atoms with van der Waals surface area (Å²) >= 11 is 0. The number of likely N-dealkylation sites (N-methyl/N-ethyl adjacent to an activating group) is 1. The Kier molecular flexibility index (Phi) is 3.02. The molecule has 1 atom stereocenters. The summed E-state index contributed by atoms with van der Waals surface area (Å²) in [6.07, 6.45) is 1.98. The number of hydrogen-bond acceptors (Lipinski definition) is 4. The number of fused-ring (bicyclic) bond motifs is 1. The highest BCUT2D eigenvalue weighted by atomic mass is 16.3. The fraction of sp³-hybridized carbons (Fsp3) is 0.500. The van der Waals surface area contributed by atoms with Gasteiger partial charge in [0, 0.05) is 19.1 Å². The van der Waals surface area contributed by atoms with E-state index >= 15 is 0 Å². The summed E-state index contributed by atoms with van der Waals surface area (Å²) in [7, 11) is 0. The van der Waals surface area contributed by atoms with Gasteiger partial charge in [-0.2, -0.15) is 0 Å². The van der Waals surface area contributed by atoms with Gasteiger partial charge in [0.1, 0.15) is 0 Å². The van der Waals surface area contributed by atoms with E-state index in [1.54, 1.807) is 4.90 Å². The van der Waals surface area contributed by atoms with E-state index in [-0.39, 0.29) is 17.6 Å². The van der Waals surface area contributed by atoms with Crippen LogP contribution in [-0.2, 0) is 6.54 Å². The van der Waals surface area contributed by atoms with Crippen molar-refractivity contribution in [1.29, 1.82) is 0 Å². The van der Waals surface area contributed by atoms with Crippen LogP contribution in [0.3, 0.4) is 0 Å². The predicted molar refractivity (Wildman–Crippen MR) is 64.8 cm³/mol. The monoisotopic (exact) mass is 252 g/mol. The Morgan fingerprint density at radius 2 is 2.00 bits per heavy atom. The Morgan fingerprint density at radius 1 is 1.33 bits per heavy atom. The molecule has 1 aliphatic heterocycles. The van der Waals surface area contributed by atoms with E-state index in [9.17, 15) is 19.8 Å². The van der Waals surface area contributed by atoms with Crippen LogP contribution in [0.4, 0.5) is 0 Å². The van der Waals surface area contributed by atoms with Gasteiger partial charge >= 0.3 is 0 Å². The Balaban J connectivity index is 2.63. The molecule has 0 aliphatic carbocycles. The van der Waals surface area contributed by atoms with Crippen molar-refractivity contribution in [1.82, 2.24) is 9.47 Å². The quantitative estimate of drug-likeness (QED) is 0.803. The van der Waals surface area contributed by atoms with Crippen LogP contribution in [0, 0.1) is 0 Å². The second-order valence-corrected chi connectivity index (χ2v) is 4.35. The standard InChI is InChI=1S/C12H16N2O4/c1-3-7-5-13-6-8(15)10(16)11(17)9(13)12(18)14(7)4-2/h6-7,15,17H,3-5H2,1-2H3/t7-/m0/s1. The van der Waals surface area contributed by atoms with Gasteiger partial charge < -0.3 is 19.7 Å². The topological polar surface area (TPSA) is 82.8 Å². The van der Waals surface area contributed by atoms with Crippen molar-refractivity contribution in [2.45, 2.75) is 32.9 Å². The molecule has 2 N–H and O–H groups in total. The van der Waals surface area contributed by atoms with E-state index in [0.717, 1.165) is 6.42 Å². The van der Waals surface area contributed by atoms with Gasteiger partial charge in [-0.25, -0.2) is 0 Å². The lowest BCUT2D eigenvalue weighted by Gasteiger charge is -2.36. The molecule has 0 bridgehead atoms. The summed E-state index contributed by atoms with van der Waals surface area (Å²) in [6.45, 7) is 4.80. The number of carbonyl (C=O) groups is 1. The Morgan fingerprint density at radius 3 is 2.56 bits per heavy atom. The molecule has 1 aromatic rings. The molecule has 18 heavy (non-hydrogen) atoms. The molecule has 0 saturated carbocycles. The lowest BCUT2D eigenvalue weighted by molar-refractivity contribution is 0.0592. The van der Waals surface area contributed by atoms with E-state index in [4.69, 9.17) is 0 Å². The van der Waals surface area contributed by atoms with Crippen LogP contribution in [0.15, 0.2) is 11.0 Å². The largest absolute Gasteiger partial charge is 0.503 e. The lowest BCUT2D eigenvalue weighted by atomic mass is 10.1. The van der Waals surface area contributed by atoms with Crippen LogP contribution >= 0.6 is 0 Å². The van der Waals surface area contributed by atoms with Crippen molar-refractivity contribution in [3.05, 3.63) is 22.1 Å². The van der Waals surface area contributed by atoms with Crippen molar-refractivity contribution >= 4 is 5.91 Å². The van der Waals surface area contributed by atoms with Crippen LogP contribution in [0.25, 0.3) is 0 Å². The van der Waals surface area contributed by atoms with Crippen molar-refractivity contribution in [3.63, 3.8) is 0 Å². The van der Waals surface area contributed by atoms with E-state index in [2.05, 4.69) is 0 Å². The number of hydrogen-bond donors (Lipinski definition) is 2. The van der Waals surface area contributed by atoms with Crippen LogP contribution in [0.1, 0.15) is 30.8 Å². The molecule has 2 rings (SSSR count). The van der Waals surface area contributed by atoms with Gasteiger partial charge in [-0.05, 0) is 13.3 Å². The molecule has 98 valence electrons. The molecule has 0 saturated heterocycles. The number of aromatic hydroxyl groups is 2. The maximum Gasteiger partial charge on any atom is 0.274 e. The molecule has 0 aromatic carbocycles. The Bertz CT molecular complexity index is 550. The van der Waals surface area contributed by atoms with E-state index in [0.29, 0.717) is 13.1 Å². The molecular weight excluding hydrogens is 236 g/mol. The first kappa shape index (κ1) is 12.5. The molecule has 0 radical (unpaired) electrons. The summed E-state index contributed by atoms with van der Waals surface area (Å²) in [4.78, 5) is 25.3. The molecule has 1 aromatic heterocycles. The summed E-state index contributed by atoms with van der Waals surface area (Å²) < 4.78 is 1.45.